The summed E-state index contributed by atoms with van der Waals surface area (Å²) < 4.78 is 5.00. The fourth-order valence-electron chi connectivity index (χ4n) is 0.0833. The second kappa shape index (κ2) is 2.72. The number of rotatable bonds is 2. The Morgan fingerprint density at radius 3 is 2.00 bits per heavy atom. The molecular weight excluding hydrogens is 103 g/mol. The van der Waals surface area contributed by atoms with Crippen molar-refractivity contribution in [2.45, 2.75) is 32.8 Å². The Hall–Kier alpha value is 0.492. The van der Waals surface area contributed by atoms with Crippen LogP contribution in [-0.4, -0.2) is 22.2 Å². The van der Waals surface area contributed by atoms with Gasteiger partial charge in [0.1, 0.15) is 0 Å². The van der Waals surface area contributed by atoms with Gasteiger partial charge in [-0.1, -0.05) is 6.92 Å². The van der Waals surface area contributed by atoms with Crippen molar-refractivity contribution >= 4 is 16.6 Å². The van der Waals surface area contributed by atoms with E-state index in [-0.39, 0.29) is 5.60 Å². The van der Waals surface area contributed by atoms with E-state index in [9.17, 15) is 0 Å². The molecular formula is C5H11AlO. The molecule has 0 rings (SSSR count). The molecule has 0 saturated carbocycles. The van der Waals surface area contributed by atoms with Gasteiger partial charge >= 0.3 is 16.6 Å². The topological polar surface area (TPSA) is 9.23 Å². The minimum atomic E-state index is 0.0463. The lowest BCUT2D eigenvalue weighted by Crippen LogP contribution is -2.20. The highest BCUT2D eigenvalue weighted by molar-refractivity contribution is 5.98. The predicted molar refractivity (Wildman–Crippen MR) is 31.2 cm³/mol. The van der Waals surface area contributed by atoms with Crippen LogP contribution in [0.4, 0.5) is 0 Å². The van der Waals surface area contributed by atoms with Crippen molar-refractivity contribution in [3.05, 3.63) is 0 Å². The standard InChI is InChI=1S/C5H11O.Al/c1-4-5(2,3)6;/h4H2,1-3H3;/q-1;+1. The van der Waals surface area contributed by atoms with Gasteiger partial charge in [0.15, 0.2) is 0 Å². The highest BCUT2D eigenvalue weighted by Gasteiger charge is 2.08. The van der Waals surface area contributed by atoms with Gasteiger partial charge in [0.05, 0.1) is 0 Å². The van der Waals surface area contributed by atoms with Gasteiger partial charge in [0.2, 0.25) is 0 Å². The van der Waals surface area contributed by atoms with E-state index >= 15 is 0 Å². The van der Waals surface area contributed by atoms with E-state index < -0.39 is 0 Å². The first-order valence-electron chi connectivity index (χ1n) is 2.50. The normalized spacial score (nSPS) is 11.9. The average molecular weight is 114 g/mol. The molecule has 0 spiro atoms. The zero-order chi connectivity index (χ0) is 5.91. The van der Waals surface area contributed by atoms with E-state index in [1.807, 2.05) is 0 Å². The Morgan fingerprint density at radius 1 is 1.57 bits per heavy atom. The Labute approximate surface area is 53.8 Å². The van der Waals surface area contributed by atoms with Crippen LogP contribution in [0.1, 0.15) is 27.2 Å². The Kier molecular flexibility index (Phi) is 2.91. The summed E-state index contributed by atoms with van der Waals surface area (Å²) in [6.07, 6.45) is 1.05. The number of hydrogen-bond acceptors (Lipinski definition) is 1. The molecule has 0 amide bonds. The third kappa shape index (κ3) is 3.11. The van der Waals surface area contributed by atoms with Crippen molar-refractivity contribution in [1.29, 1.82) is 0 Å². The summed E-state index contributed by atoms with van der Waals surface area (Å²) in [5.74, 6) is 0. The summed E-state index contributed by atoms with van der Waals surface area (Å²) in [6.45, 7) is 6.21. The molecule has 0 aliphatic heterocycles. The van der Waals surface area contributed by atoms with Crippen LogP contribution in [0.15, 0.2) is 0 Å². The minimum Gasteiger partial charge on any atom is -0.512 e. The van der Waals surface area contributed by atoms with Crippen molar-refractivity contribution in [2.75, 3.05) is 0 Å². The summed E-state index contributed by atoms with van der Waals surface area (Å²) in [7, 11) is 0. The van der Waals surface area contributed by atoms with E-state index in [0.717, 1.165) is 6.42 Å². The Bertz CT molecular complexity index is 46.0. The first kappa shape index (κ1) is 7.49. The molecule has 2 heteroatoms. The van der Waals surface area contributed by atoms with Crippen LogP contribution >= 0.6 is 0 Å². The highest BCUT2D eigenvalue weighted by atomic mass is 27.1. The summed E-state index contributed by atoms with van der Waals surface area (Å²) >= 11 is 2.27. The van der Waals surface area contributed by atoms with Crippen molar-refractivity contribution < 1.29 is 3.79 Å². The molecule has 1 nitrogen and oxygen atoms in total. The minimum absolute atomic E-state index is 0.0463. The molecule has 2 radical (unpaired) electrons. The SMILES string of the molecule is CCC(C)(C)[O][Al]. The molecule has 0 atom stereocenters. The smallest absolute Gasteiger partial charge is 0.369 e. The van der Waals surface area contributed by atoms with Crippen LogP contribution < -0.4 is 0 Å². The van der Waals surface area contributed by atoms with E-state index in [0.29, 0.717) is 0 Å². The highest BCUT2D eigenvalue weighted by Crippen LogP contribution is 2.09. The van der Waals surface area contributed by atoms with Gasteiger partial charge in [-0.3, -0.25) is 0 Å². The molecule has 0 aromatic carbocycles. The Balaban J connectivity index is 3.36. The third-order valence-corrected chi connectivity index (χ3v) is 1.81. The summed E-state index contributed by atoms with van der Waals surface area (Å²) in [5.41, 5.74) is 0.0463. The third-order valence-electron chi connectivity index (χ3n) is 1.17. The second-order valence-corrected chi connectivity index (χ2v) is 2.47. The number of hydrogen-bond donors (Lipinski definition) is 0. The molecule has 0 fully saturated rings. The quantitative estimate of drug-likeness (QED) is 0.491. The van der Waals surface area contributed by atoms with E-state index in [2.05, 4.69) is 37.4 Å². The van der Waals surface area contributed by atoms with E-state index in [1.165, 1.54) is 0 Å². The molecule has 0 aliphatic rings. The van der Waals surface area contributed by atoms with Crippen LogP contribution in [0.2, 0.25) is 0 Å². The maximum Gasteiger partial charge on any atom is 0.369 e. The molecule has 0 aliphatic carbocycles. The predicted octanol–water partition coefficient (Wildman–Crippen LogP) is 1.28. The van der Waals surface area contributed by atoms with Crippen LogP contribution in [-0.2, 0) is 3.79 Å². The fraction of sp³-hybridized carbons (Fsp3) is 1.00. The molecule has 0 unspecified atom stereocenters. The van der Waals surface area contributed by atoms with Crippen LogP contribution in [0, 0.1) is 0 Å². The first-order valence-corrected chi connectivity index (χ1v) is 2.97. The van der Waals surface area contributed by atoms with E-state index in [4.69, 9.17) is 3.79 Å². The average Bonchev–Trinajstić information content (AvgIpc) is 1.68. The zero-order valence-corrected chi connectivity index (χ0v) is 6.35. The van der Waals surface area contributed by atoms with Crippen molar-refractivity contribution in [2.24, 2.45) is 0 Å². The van der Waals surface area contributed by atoms with Crippen molar-refractivity contribution in [3.63, 3.8) is 0 Å². The maximum atomic E-state index is 5.00. The molecule has 0 aromatic rings. The van der Waals surface area contributed by atoms with Gasteiger partial charge in [-0.05, 0) is 20.3 Å². The van der Waals surface area contributed by atoms with Gasteiger partial charge < -0.3 is 3.79 Å². The monoisotopic (exact) mass is 114 g/mol. The van der Waals surface area contributed by atoms with Crippen molar-refractivity contribution in [1.82, 2.24) is 0 Å². The first-order chi connectivity index (χ1) is 3.12. The zero-order valence-electron chi connectivity index (χ0n) is 5.19. The van der Waals surface area contributed by atoms with Crippen LogP contribution in [0.5, 0.6) is 0 Å². The van der Waals surface area contributed by atoms with Crippen molar-refractivity contribution in [3.8, 4) is 0 Å². The summed E-state index contributed by atoms with van der Waals surface area (Å²) in [4.78, 5) is 0. The summed E-state index contributed by atoms with van der Waals surface area (Å²) in [6, 6.07) is 0. The Morgan fingerprint density at radius 2 is 2.00 bits per heavy atom. The largest absolute Gasteiger partial charge is 0.512 e. The molecule has 0 saturated heterocycles. The van der Waals surface area contributed by atoms with E-state index in [1.54, 1.807) is 0 Å². The molecule has 0 heterocycles. The van der Waals surface area contributed by atoms with Crippen LogP contribution in [0.25, 0.3) is 0 Å². The molecule has 0 bridgehead atoms. The van der Waals surface area contributed by atoms with Crippen LogP contribution in [0.3, 0.4) is 0 Å². The lowest BCUT2D eigenvalue weighted by Gasteiger charge is -2.22. The molecule has 40 valence electrons. The maximum absolute atomic E-state index is 5.00. The van der Waals surface area contributed by atoms with Gasteiger partial charge in [-0.2, -0.15) is 0 Å². The fourth-order valence-corrected chi connectivity index (χ4v) is 0.250. The molecule has 7 heavy (non-hydrogen) atoms. The van der Waals surface area contributed by atoms with Gasteiger partial charge in [-0.15, -0.1) is 0 Å². The lowest BCUT2D eigenvalue weighted by atomic mass is 10.1. The molecule has 0 N–H and O–H groups in total. The van der Waals surface area contributed by atoms with Gasteiger partial charge in [0.25, 0.3) is 0 Å². The summed E-state index contributed by atoms with van der Waals surface area (Å²) in [5, 5.41) is 0. The van der Waals surface area contributed by atoms with Gasteiger partial charge in [0, 0.05) is 5.60 Å². The molecule has 0 aromatic heterocycles. The second-order valence-electron chi connectivity index (χ2n) is 2.23. The lowest BCUT2D eigenvalue weighted by molar-refractivity contribution is 0.119. The van der Waals surface area contributed by atoms with Gasteiger partial charge in [-0.25, -0.2) is 0 Å².